The highest BCUT2D eigenvalue weighted by atomic mass is 32.1. The number of benzene rings is 2. The summed E-state index contributed by atoms with van der Waals surface area (Å²) in [6, 6.07) is 14.7. The first kappa shape index (κ1) is 16.8. The smallest absolute Gasteiger partial charge is 0.334 e. The van der Waals surface area contributed by atoms with E-state index in [0.29, 0.717) is 10.7 Å². The maximum absolute atomic E-state index is 12.3. The van der Waals surface area contributed by atoms with Crippen molar-refractivity contribution in [3.8, 4) is 10.6 Å². The second-order valence-corrected chi connectivity index (χ2v) is 6.51. The van der Waals surface area contributed by atoms with Gasteiger partial charge in [-0.25, -0.2) is 4.98 Å². The summed E-state index contributed by atoms with van der Waals surface area (Å²) in [6.45, 7) is 3.93. The normalized spacial score (nSPS) is 10.5. The number of anilines is 2. The molecule has 3 aromatic rings. The van der Waals surface area contributed by atoms with Crippen LogP contribution in [0.3, 0.4) is 0 Å². The number of hydrogen-bond donors (Lipinski definition) is 1. The van der Waals surface area contributed by atoms with Crippen molar-refractivity contribution >= 4 is 28.5 Å². The highest BCUT2D eigenvalue weighted by molar-refractivity contribution is 7.12. The van der Waals surface area contributed by atoms with Crippen LogP contribution in [0.2, 0.25) is 0 Å². The first-order chi connectivity index (χ1) is 12.0. The number of aromatic nitrogens is 1. The van der Waals surface area contributed by atoms with E-state index in [2.05, 4.69) is 10.3 Å². The molecule has 0 aliphatic heterocycles. The van der Waals surface area contributed by atoms with E-state index in [1.165, 1.54) is 0 Å². The molecule has 0 fully saturated rings. The van der Waals surface area contributed by atoms with Crippen LogP contribution < -0.4 is 10.1 Å². The Kier molecular flexibility index (Phi) is 4.58. The maximum atomic E-state index is 12.3. The average Bonchev–Trinajstić information content (AvgIpc) is 2.58. The summed E-state index contributed by atoms with van der Waals surface area (Å²) >= 11 is 0.767. The first-order valence-electron chi connectivity index (χ1n) is 7.55. The summed E-state index contributed by atoms with van der Waals surface area (Å²) in [4.78, 5) is 27.3. The molecule has 1 heterocycles. The first-order valence-corrected chi connectivity index (χ1v) is 8.36. The van der Waals surface area contributed by atoms with Gasteiger partial charge in [0.05, 0.1) is 4.92 Å². The Hall–Kier alpha value is -3.06. The number of nitro groups is 1. The minimum absolute atomic E-state index is 0.0455. The van der Waals surface area contributed by atoms with E-state index >= 15 is 0 Å². The number of hydrogen-bond acceptors (Lipinski definition) is 6. The largest absolute Gasteiger partial charge is 0.369 e. The predicted molar refractivity (Wildman–Crippen MR) is 99.7 cm³/mol. The molecule has 0 spiro atoms. The van der Waals surface area contributed by atoms with Gasteiger partial charge in [0.2, 0.25) is 5.82 Å². The van der Waals surface area contributed by atoms with Crippen LogP contribution in [-0.4, -0.2) is 9.91 Å². The van der Waals surface area contributed by atoms with E-state index in [4.69, 9.17) is 0 Å². The summed E-state index contributed by atoms with van der Waals surface area (Å²) in [5, 5.41) is 14.7. The van der Waals surface area contributed by atoms with Crippen LogP contribution in [0.5, 0.6) is 0 Å². The molecule has 0 aliphatic carbocycles. The van der Waals surface area contributed by atoms with Crippen LogP contribution in [-0.2, 0) is 0 Å². The number of nitrogens with one attached hydrogen (secondary N) is 1. The van der Waals surface area contributed by atoms with Crippen molar-refractivity contribution in [1.29, 1.82) is 0 Å². The van der Waals surface area contributed by atoms with Crippen molar-refractivity contribution in [3.63, 3.8) is 0 Å². The van der Waals surface area contributed by atoms with Crippen molar-refractivity contribution in [2.75, 3.05) is 5.32 Å². The molecule has 0 radical (unpaired) electrons. The van der Waals surface area contributed by atoms with E-state index in [-0.39, 0.29) is 5.82 Å². The SMILES string of the molecule is Cc1ccc(Nc2nc(-c3ccccc3)sc(=O)c2[N+](=O)[O-])cc1C. The van der Waals surface area contributed by atoms with E-state index < -0.39 is 15.4 Å². The Morgan fingerprint density at radius 2 is 1.80 bits per heavy atom. The molecule has 0 amide bonds. The van der Waals surface area contributed by atoms with Crippen molar-refractivity contribution < 1.29 is 4.92 Å². The Labute approximate surface area is 148 Å². The van der Waals surface area contributed by atoms with Crippen LogP contribution in [0, 0.1) is 24.0 Å². The topological polar surface area (TPSA) is 85.1 Å². The zero-order valence-electron chi connectivity index (χ0n) is 13.6. The molecular formula is C18H15N3O3S. The van der Waals surface area contributed by atoms with Gasteiger partial charge in [0.1, 0.15) is 5.01 Å². The van der Waals surface area contributed by atoms with Crippen LogP contribution in [0.25, 0.3) is 10.6 Å². The van der Waals surface area contributed by atoms with Gasteiger partial charge in [-0.05, 0) is 37.1 Å². The maximum Gasteiger partial charge on any atom is 0.369 e. The second kappa shape index (κ2) is 6.82. The molecule has 0 aliphatic rings. The molecule has 1 aromatic heterocycles. The molecule has 6 nitrogen and oxygen atoms in total. The van der Waals surface area contributed by atoms with Gasteiger partial charge < -0.3 is 5.32 Å². The van der Waals surface area contributed by atoms with Gasteiger partial charge in [0.15, 0.2) is 0 Å². The number of rotatable bonds is 4. The molecule has 0 bridgehead atoms. The minimum Gasteiger partial charge on any atom is -0.334 e. The fourth-order valence-corrected chi connectivity index (χ4v) is 3.15. The standard InChI is InChI=1S/C18H15N3O3S/c1-11-8-9-14(10-12(11)2)19-16-15(21(23)24)18(22)25-17(20-16)13-6-4-3-5-7-13/h3-10,19H,1-2H3. The summed E-state index contributed by atoms with van der Waals surface area (Å²) in [6.07, 6.45) is 0. The lowest BCUT2D eigenvalue weighted by molar-refractivity contribution is -0.384. The van der Waals surface area contributed by atoms with E-state index in [9.17, 15) is 14.9 Å². The number of aryl methyl sites for hydroxylation is 2. The van der Waals surface area contributed by atoms with Gasteiger partial charge in [0.25, 0.3) is 0 Å². The predicted octanol–water partition coefficient (Wildman–Crippen LogP) is 4.44. The van der Waals surface area contributed by atoms with Crippen molar-refractivity contribution in [2.24, 2.45) is 0 Å². The van der Waals surface area contributed by atoms with Crippen molar-refractivity contribution in [2.45, 2.75) is 13.8 Å². The lowest BCUT2D eigenvalue weighted by atomic mass is 10.1. The third kappa shape index (κ3) is 3.56. The van der Waals surface area contributed by atoms with E-state index in [0.717, 1.165) is 28.0 Å². The lowest BCUT2D eigenvalue weighted by Crippen LogP contribution is -2.10. The molecule has 3 rings (SSSR count). The monoisotopic (exact) mass is 353 g/mol. The molecule has 0 unspecified atom stereocenters. The summed E-state index contributed by atoms with van der Waals surface area (Å²) in [5.41, 5.74) is 2.99. The van der Waals surface area contributed by atoms with Gasteiger partial charge in [0, 0.05) is 11.3 Å². The highest BCUT2D eigenvalue weighted by Crippen LogP contribution is 2.29. The summed E-state index contributed by atoms with van der Waals surface area (Å²) in [5.74, 6) is -0.0455. The van der Waals surface area contributed by atoms with Crippen molar-refractivity contribution in [1.82, 2.24) is 4.98 Å². The van der Waals surface area contributed by atoms with E-state index in [1.807, 2.05) is 56.3 Å². The Morgan fingerprint density at radius 3 is 2.44 bits per heavy atom. The van der Waals surface area contributed by atoms with Crippen LogP contribution in [0.15, 0.2) is 53.3 Å². The zero-order chi connectivity index (χ0) is 18.0. The Bertz CT molecular complexity index is 1000. The average molecular weight is 353 g/mol. The fraction of sp³-hybridized carbons (Fsp3) is 0.111. The van der Waals surface area contributed by atoms with Gasteiger partial charge in [-0.1, -0.05) is 47.7 Å². The molecule has 0 saturated heterocycles. The van der Waals surface area contributed by atoms with Gasteiger partial charge >= 0.3 is 10.4 Å². The zero-order valence-corrected chi connectivity index (χ0v) is 14.5. The summed E-state index contributed by atoms with van der Waals surface area (Å²) < 4.78 is -0.634. The molecule has 0 atom stereocenters. The molecular weight excluding hydrogens is 338 g/mol. The van der Waals surface area contributed by atoms with Crippen LogP contribution in [0.4, 0.5) is 17.2 Å². The molecule has 126 valence electrons. The second-order valence-electron chi connectivity index (χ2n) is 5.55. The van der Waals surface area contributed by atoms with Gasteiger partial charge in [-0.2, -0.15) is 0 Å². The number of nitrogens with zero attached hydrogens (tertiary/aromatic N) is 2. The van der Waals surface area contributed by atoms with Gasteiger partial charge in [-0.3, -0.25) is 14.9 Å². The Morgan fingerprint density at radius 1 is 1.08 bits per heavy atom. The third-order valence-electron chi connectivity index (χ3n) is 3.79. The Balaban J connectivity index is 2.12. The molecule has 0 saturated carbocycles. The lowest BCUT2D eigenvalue weighted by Gasteiger charge is -2.09. The van der Waals surface area contributed by atoms with Crippen molar-refractivity contribution in [3.05, 3.63) is 79.3 Å². The molecule has 2 aromatic carbocycles. The highest BCUT2D eigenvalue weighted by Gasteiger charge is 2.23. The van der Waals surface area contributed by atoms with Crippen LogP contribution in [0.1, 0.15) is 11.1 Å². The fourth-order valence-electron chi connectivity index (χ4n) is 2.32. The quantitative estimate of drug-likeness (QED) is 0.554. The van der Waals surface area contributed by atoms with E-state index in [1.54, 1.807) is 6.07 Å². The summed E-state index contributed by atoms with van der Waals surface area (Å²) in [7, 11) is 0. The molecule has 25 heavy (non-hydrogen) atoms. The molecule has 7 heteroatoms. The van der Waals surface area contributed by atoms with Gasteiger partial charge in [-0.15, -0.1) is 0 Å². The van der Waals surface area contributed by atoms with Crippen LogP contribution >= 0.6 is 11.3 Å². The molecule has 1 N–H and O–H groups in total. The third-order valence-corrected chi connectivity index (χ3v) is 4.69. The minimum atomic E-state index is -0.690.